The molecule has 2 aromatic carbocycles. The summed E-state index contributed by atoms with van der Waals surface area (Å²) in [5.74, 6) is 0.233. The van der Waals surface area contributed by atoms with Gasteiger partial charge >= 0.3 is 0 Å². The van der Waals surface area contributed by atoms with E-state index in [-0.39, 0.29) is 11.5 Å². The number of benzene rings is 2. The second-order valence-electron chi connectivity index (χ2n) is 4.51. The van der Waals surface area contributed by atoms with Crippen molar-refractivity contribution in [3.8, 4) is 0 Å². The molecule has 0 aliphatic heterocycles. The third-order valence-electron chi connectivity index (χ3n) is 2.70. The Hall–Kier alpha value is -1.39. The van der Waals surface area contributed by atoms with Gasteiger partial charge in [0.25, 0.3) is 0 Å². The molecule has 0 saturated carbocycles. The van der Waals surface area contributed by atoms with E-state index in [0.717, 1.165) is 21.4 Å². The zero-order chi connectivity index (χ0) is 13.0. The van der Waals surface area contributed by atoms with Gasteiger partial charge in [0.2, 0.25) is 0 Å². The zero-order valence-corrected chi connectivity index (χ0v) is 13.2. The fourth-order valence-corrected chi connectivity index (χ4v) is 3.99. The lowest BCUT2D eigenvalue weighted by atomic mass is 10.2. The molecule has 0 aliphatic carbocycles. The molecule has 0 heterocycles. The van der Waals surface area contributed by atoms with Crippen molar-refractivity contribution in [2.24, 2.45) is 0 Å². The van der Waals surface area contributed by atoms with E-state index in [1.807, 2.05) is 54.6 Å². The second-order valence-corrected chi connectivity index (χ2v) is 7.73. The molecule has 0 fully saturated rings. The first-order chi connectivity index (χ1) is 8.55. The first-order valence-electron chi connectivity index (χ1n) is 5.85. The summed E-state index contributed by atoms with van der Waals surface area (Å²) in [5.41, 5.74) is 1.73. The van der Waals surface area contributed by atoms with E-state index >= 15 is 0 Å². The molecule has 18 heavy (non-hydrogen) atoms. The fraction of sp³-hybridized carbons (Fsp3) is 0.143. The van der Waals surface area contributed by atoms with E-state index in [4.69, 9.17) is 0 Å². The summed E-state index contributed by atoms with van der Waals surface area (Å²) >= 11 is 0. The minimum Gasteiger partial charge on any atom is -0.228 e. The van der Waals surface area contributed by atoms with Crippen molar-refractivity contribution in [3.05, 3.63) is 65.7 Å². The molecular weight excluding hydrogens is 260 g/mol. The van der Waals surface area contributed by atoms with Gasteiger partial charge in [-0.15, -0.1) is 0 Å². The number of hydrogen-bond acceptors (Lipinski definition) is 2. The van der Waals surface area contributed by atoms with Crippen LogP contribution < -0.4 is 5.19 Å². The van der Waals surface area contributed by atoms with Crippen LogP contribution in [0.25, 0.3) is 0 Å². The Kier molecular flexibility index (Phi) is 3.99. The molecular formula is C14H16O2SSi. The SMILES string of the molecule is O=S(=O)(Cc1ccccc1)Cc1cccc([SiH3])c1. The molecule has 0 bridgehead atoms. The van der Waals surface area contributed by atoms with Gasteiger partial charge in [-0.2, -0.15) is 0 Å². The average Bonchev–Trinajstić information content (AvgIpc) is 2.28. The molecule has 94 valence electrons. The smallest absolute Gasteiger partial charge is 0.158 e. The van der Waals surface area contributed by atoms with Crippen molar-refractivity contribution in [1.29, 1.82) is 0 Å². The largest absolute Gasteiger partial charge is 0.228 e. The summed E-state index contributed by atoms with van der Waals surface area (Å²) in [5, 5.41) is 1.22. The van der Waals surface area contributed by atoms with E-state index < -0.39 is 9.84 Å². The highest BCUT2D eigenvalue weighted by Gasteiger charge is 2.12. The van der Waals surface area contributed by atoms with E-state index in [2.05, 4.69) is 0 Å². The van der Waals surface area contributed by atoms with Gasteiger partial charge in [0.1, 0.15) is 0 Å². The maximum absolute atomic E-state index is 12.1. The topological polar surface area (TPSA) is 34.1 Å². The highest BCUT2D eigenvalue weighted by Crippen LogP contribution is 2.11. The van der Waals surface area contributed by atoms with Gasteiger partial charge in [0, 0.05) is 10.2 Å². The molecule has 0 aromatic heterocycles. The molecule has 0 amide bonds. The monoisotopic (exact) mass is 276 g/mol. The van der Waals surface area contributed by atoms with E-state index in [9.17, 15) is 8.42 Å². The summed E-state index contributed by atoms with van der Waals surface area (Å²) in [6, 6.07) is 17.1. The molecule has 0 unspecified atom stereocenters. The maximum Gasteiger partial charge on any atom is 0.158 e. The van der Waals surface area contributed by atoms with Crippen LogP contribution in [0, 0.1) is 0 Å². The minimum absolute atomic E-state index is 0.110. The van der Waals surface area contributed by atoms with E-state index in [1.165, 1.54) is 5.19 Å². The first-order valence-corrected chi connectivity index (χ1v) is 8.67. The van der Waals surface area contributed by atoms with Crippen LogP contribution in [0.3, 0.4) is 0 Å². The molecule has 2 aromatic rings. The van der Waals surface area contributed by atoms with Gasteiger partial charge in [-0.25, -0.2) is 8.42 Å². The van der Waals surface area contributed by atoms with Crippen LogP contribution in [0.1, 0.15) is 11.1 Å². The van der Waals surface area contributed by atoms with Crippen LogP contribution >= 0.6 is 0 Å². The molecule has 0 saturated heterocycles. The predicted molar refractivity (Wildman–Crippen MR) is 78.8 cm³/mol. The highest BCUT2D eigenvalue weighted by atomic mass is 32.2. The summed E-state index contributed by atoms with van der Waals surface area (Å²) in [6.07, 6.45) is 0. The normalized spacial score (nSPS) is 11.6. The quantitative estimate of drug-likeness (QED) is 0.774. The lowest BCUT2D eigenvalue weighted by Crippen LogP contribution is -2.10. The molecule has 0 atom stereocenters. The maximum atomic E-state index is 12.1. The Bertz CT molecular complexity index is 621. The van der Waals surface area contributed by atoms with E-state index in [0.29, 0.717) is 0 Å². The lowest BCUT2D eigenvalue weighted by molar-refractivity contribution is 0.594. The van der Waals surface area contributed by atoms with Crippen LogP contribution in [0.5, 0.6) is 0 Å². The van der Waals surface area contributed by atoms with Crippen molar-refractivity contribution in [3.63, 3.8) is 0 Å². The van der Waals surface area contributed by atoms with Crippen LogP contribution in [0.2, 0.25) is 0 Å². The van der Waals surface area contributed by atoms with Gasteiger partial charge in [0.15, 0.2) is 9.84 Å². The Labute approximate surface area is 111 Å². The van der Waals surface area contributed by atoms with Crippen LogP contribution in [0.4, 0.5) is 0 Å². The second kappa shape index (κ2) is 5.50. The molecule has 0 radical (unpaired) electrons. The molecule has 2 rings (SSSR count). The van der Waals surface area contributed by atoms with E-state index in [1.54, 1.807) is 0 Å². The lowest BCUT2D eigenvalue weighted by Gasteiger charge is -2.05. The van der Waals surface area contributed by atoms with Crippen molar-refractivity contribution < 1.29 is 8.42 Å². The number of rotatable bonds is 4. The van der Waals surface area contributed by atoms with Crippen LogP contribution in [-0.2, 0) is 21.3 Å². The summed E-state index contributed by atoms with van der Waals surface area (Å²) in [4.78, 5) is 0. The van der Waals surface area contributed by atoms with Crippen molar-refractivity contribution in [1.82, 2.24) is 0 Å². The minimum atomic E-state index is -3.09. The molecule has 2 nitrogen and oxygen atoms in total. The molecule has 4 heteroatoms. The van der Waals surface area contributed by atoms with Gasteiger partial charge in [-0.1, -0.05) is 59.8 Å². The van der Waals surface area contributed by atoms with Gasteiger partial charge in [-0.05, 0) is 11.1 Å². The molecule has 0 spiro atoms. The predicted octanol–water partition coefficient (Wildman–Crippen LogP) is 0.792. The Morgan fingerprint density at radius 3 is 2.11 bits per heavy atom. The Morgan fingerprint density at radius 1 is 0.833 bits per heavy atom. The highest BCUT2D eigenvalue weighted by molar-refractivity contribution is 7.89. The molecule has 0 aliphatic rings. The summed E-state index contributed by atoms with van der Waals surface area (Å²) in [7, 11) is -2.14. The Morgan fingerprint density at radius 2 is 1.44 bits per heavy atom. The van der Waals surface area contributed by atoms with Crippen molar-refractivity contribution in [2.75, 3.05) is 0 Å². The third kappa shape index (κ3) is 3.82. The Balaban J connectivity index is 2.13. The fourth-order valence-electron chi connectivity index (χ4n) is 1.94. The van der Waals surface area contributed by atoms with Crippen molar-refractivity contribution in [2.45, 2.75) is 11.5 Å². The van der Waals surface area contributed by atoms with Gasteiger partial charge in [-0.3, -0.25) is 0 Å². The van der Waals surface area contributed by atoms with Crippen LogP contribution in [0.15, 0.2) is 54.6 Å². The summed E-state index contributed by atoms with van der Waals surface area (Å²) in [6.45, 7) is 0. The van der Waals surface area contributed by atoms with Gasteiger partial charge in [0.05, 0.1) is 11.5 Å². The third-order valence-corrected chi connectivity index (χ3v) is 4.87. The summed E-state index contributed by atoms with van der Waals surface area (Å²) < 4.78 is 24.2. The van der Waals surface area contributed by atoms with Crippen molar-refractivity contribution >= 4 is 25.3 Å². The number of sulfone groups is 1. The standard InChI is InChI=1S/C14H16O2SSi/c15-17(16,10-12-5-2-1-3-6-12)11-13-7-4-8-14(18)9-13/h1-9H,10-11H2,18H3. The van der Waals surface area contributed by atoms with Crippen LogP contribution in [-0.4, -0.2) is 18.7 Å². The average molecular weight is 276 g/mol. The molecule has 0 N–H and O–H groups in total. The zero-order valence-electron chi connectivity index (χ0n) is 10.3. The first kappa shape index (κ1) is 13.0. The number of hydrogen-bond donors (Lipinski definition) is 0. The van der Waals surface area contributed by atoms with Gasteiger partial charge < -0.3 is 0 Å².